The molecule has 0 aromatic rings. The van der Waals surface area contributed by atoms with E-state index in [0.29, 0.717) is 32.2 Å². The molecule has 1 aliphatic rings. The minimum absolute atomic E-state index is 0.0455. The van der Waals surface area contributed by atoms with Crippen LogP contribution in [0.25, 0.3) is 0 Å². The molecule has 1 heterocycles. The molecule has 0 aliphatic carbocycles. The summed E-state index contributed by atoms with van der Waals surface area (Å²) in [6.45, 7) is 3.78. The third-order valence-corrected chi connectivity index (χ3v) is 4.49. The van der Waals surface area contributed by atoms with E-state index in [9.17, 15) is 19.5 Å². The number of hydrogen-bond acceptors (Lipinski definition) is 4. The second-order valence-corrected chi connectivity index (χ2v) is 6.76. The molecule has 132 valence electrons. The number of carbonyl (C=O) groups is 3. The zero-order valence-electron chi connectivity index (χ0n) is 14.6. The summed E-state index contributed by atoms with van der Waals surface area (Å²) < 4.78 is 0. The van der Waals surface area contributed by atoms with Crippen LogP contribution in [0.15, 0.2) is 0 Å². The van der Waals surface area contributed by atoms with Crippen LogP contribution in [0.2, 0.25) is 0 Å². The quantitative estimate of drug-likeness (QED) is 0.560. The number of amides is 1. The summed E-state index contributed by atoms with van der Waals surface area (Å²) in [4.78, 5) is 35.9. The lowest BCUT2D eigenvalue weighted by Crippen LogP contribution is -2.35. The van der Waals surface area contributed by atoms with Crippen LogP contribution in [-0.2, 0) is 14.4 Å². The second-order valence-electron chi connectivity index (χ2n) is 6.76. The predicted molar refractivity (Wildman–Crippen MR) is 88.7 cm³/mol. The van der Waals surface area contributed by atoms with Crippen molar-refractivity contribution in [1.29, 1.82) is 0 Å². The molecule has 0 bridgehead atoms. The van der Waals surface area contributed by atoms with Gasteiger partial charge in [0.2, 0.25) is 5.91 Å². The lowest BCUT2D eigenvalue weighted by Gasteiger charge is -2.19. The SMILES string of the molecule is CC(=O)CCCCCCCCC(=O)CCN1C(=O)C(C)CC1O. The van der Waals surface area contributed by atoms with E-state index in [4.69, 9.17) is 0 Å². The zero-order valence-corrected chi connectivity index (χ0v) is 14.6. The Bertz CT molecular complexity index is 408. The molecule has 1 saturated heterocycles. The van der Waals surface area contributed by atoms with Crippen LogP contribution >= 0.6 is 0 Å². The first-order valence-electron chi connectivity index (χ1n) is 8.91. The number of hydrogen-bond donors (Lipinski definition) is 1. The number of aliphatic hydroxyl groups excluding tert-OH is 1. The van der Waals surface area contributed by atoms with Crippen molar-refractivity contribution >= 4 is 17.5 Å². The van der Waals surface area contributed by atoms with Crippen LogP contribution in [0.3, 0.4) is 0 Å². The van der Waals surface area contributed by atoms with Gasteiger partial charge in [-0.15, -0.1) is 0 Å². The van der Waals surface area contributed by atoms with Crippen LogP contribution in [-0.4, -0.2) is 40.3 Å². The van der Waals surface area contributed by atoms with Crippen LogP contribution in [0.4, 0.5) is 0 Å². The first-order chi connectivity index (χ1) is 10.9. The molecule has 23 heavy (non-hydrogen) atoms. The lowest BCUT2D eigenvalue weighted by molar-refractivity contribution is -0.135. The monoisotopic (exact) mass is 325 g/mol. The number of rotatable bonds is 12. The van der Waals surface area contributed by atoms with E-state index in [1.165, 1.54) is 4.90 Å². The third kappa shape index (κ3) is 7.73. The number of likely N-dealkylation sites (tertiary alicyclic amines) is 1. The average Bonchev–Trinajstić information content (AvgIpc) is 2.72. The highest BCUT2D eigenvalue weighted by molar-refractivity contribution is 5.82. The highest BCUT2D eigenvalue weighted by Crippen LogP contribution is 2.22. The molecule has 5 heteroatoms. The Balaban J connectivity index is 2.00. The second kappa shape index (κ2) is 10.5. The largest absolute Gasteiger partial charge is 0.373 e. The summed E-state index contributed by atoms with van der Waals surface area (Å²) >= 11 is 0. The Morgan fingerprint density at radius 2 is 1.61 bits per heavy atom. The van der Waals surface area contributed by atoms with Crippen LogP contribution in [0.5, 0.6) is 0 Å². The Morgan fingerprint density at radius 3 is 2.13 bits per heavy atom. The molecule has 1 rings (SSSR count). The van der Waals surface area contributed by atoms with E-state index in [-0.39, 0.29) is 23.4 Å². The van der Waals surface area contributed by atoms with Crippen molar-refractivity contribution in [3.8, 4) is 0 Å². The zero-order chi connectivity index (χ0) is 17.2. The molecular weight excluding hydrogens is 294 g/mol. The minimum atomic E-state index is -0.722. The Kier molecular flexibility index (Phi) is 9.07. The van der Waals surface area contributed by atoms with Gasteiger partial charge in [0, 0.05) is 38.1 Å². The summed E-state index contributed by atoms with van der Waals surface area (Å²) in [5.74, 6) is 0.242. The molecule has 1 N–H and O–H groups in total. The number of nitrogens with zero attached hydrogens (tertiary/aromatic N) is 1. The molecule has 0 radical (unpaired) electrons. The van der Waals surface area contributed by atoms with Crippen LogP contribution < -0.4 is 0 Å². The Hall–Kier alpha value is -1.23. The predicted octanol–water partition coefficient (Wildman–Crippen LogP) is 2.84. The van der Waals surface area contributed by atoms with Crippen LogP contribution in [0, 0.1) is 5.92 Å². The molecule has 1 fully saturated rings. The van der Waals surface area contributed by atoms with E-state index in [0.717, 1.165) is 38.5 Å². The van der Waals surface area contributed by atoms with Crippen molar-refractivity contribution in [2.45, 2.75) is 84.3 Å². The van der Waals surface area contributed by atoms with E-state index in [1.54, 1.807) is 6.92 Å². The minimum Gasteiger partial charge on any atom is -0.373 e. The van der Waals surface area contributed by atoms with Crippen molar-refractivity contribution in [3.05, 3.63) is 0 Å². The lowest BCUT2D eigenvalue weighted by atomic mass is 10.0. The third-order valence-electron chi connectivity index (χ3n) is 4.49. The summed E-state index contributed by atoms with van der Waals surface area (Å²) in [6, 6.07) is 0. The van der Waals surface area contributed by atoms with E-state index >= 15 is 0 Å². The molecule has 0 aromatic carbocycles. The van der Waals surface area contributed by atoms with Gasteiger partial charge in [-0.2, -0.15) is 0 Å². The first kappa shape index (κ1) is 19.8. The van der Waals surface area contributed by atoms with Gasteiger partial charge >= 0.3 is 0 Å². The normalized spacial score (nSPS) is 21.0. The fourth-order valence-electron chi connectivity index (χ4n) is 3.01. The highest BCUT2D eigenvalue weighted by Gasteiger charge is 2.35. The average molecular weight is 325 g/mol. The van der Waals surface area contributed by atoms with Gasteiger partial charge in [-0.05, 0) is 19.8 Å². The standard InChI is InChI=1S/C18H31NO4/c1-14-13-17(22)19(18(14)23)12-11-16(21)10-8-6-4-3-5-7-9-15(2)20/h14,17,22H,3-13H2,1-2H3. The molecule has 0 saturated carbocycles. The number of carbonyl (C=O) groups excluding carboxylic acids is 3. The highest BCUT2D eigenvalue weighted by atomic mass is 16.3. The molecule has 0 aromatic heterocycles. The molecule has 1 aliphatic heterocycles. The summed E-state index contributed by atoms with van der Waals surface area (Å²) in [7, 11) is 0. The Morgan fingerprint density at radius 1 is 1.04 bits per heavy atom. The van der Waals surface area contributed by atoms with Crippen LogP contribution in [0.1, 0.15) is 78.1 Å². The van der Waals surface area contributed by atoms with E-state index in [2.05, 4.69) is 0 Å². The maximum absolute atomic E-state index is 11.8. The maximum Gasteiger partial charge on any atom is 0.227 e. The molecular formula is C18H31NO4. The van der Waals surface area contributed by atoms with Crippen molar-refractivity contribution in [2.24, 2.45) is 5.92 Å². The molecule has 2 unspecified atom stereocenters. The number of ketones is 2. The van der Waals surface area contributed by atoms with Gasteiger partial charge in [0.15, 0.2) is 0 Å². The topological polar surface area (TPSA) is 74.7 Å². The van der Waals surface area contributed by atoms with Gasteiger partial charge in [-0.25, -0.2) is 0 Å². The summed E-state index contributed by atoms with van der Waals surface area (Å²) in [5.41, 5.74) is 0. The molecule has 0 spiro atoms. The smallest absolute Gasteiger partial charge is 0.227 e. The molecule has 1 amide bonds. The van der Waals surface area contributed by atoms with Gasteiger partial charge < -0.3 is 14.8 Å². The number of unbranched alkanes of at least 4 members (excludes halogenated alkanes) is 5. The molecule has 2 atom stereocenters. The van der Waals surface area contributed by atoms with Gasteiger partial charge in [-0.3, -0.25) is 9.59 Å². The fraction of sp³-hybridized carbons (Fsp3) is 0.833. The Labute approximate surface area is 139 Å². The molecule has 5 nitrogen and oxygen atoms in total. The van der Waals surface area contributed by atoms with Gasteiger partial charge in [0.25, 0.3) is 0 Å². The van der Waals surface area contributed by atoms with E-state index < -0.39 is 6.23 Å². The van der Waals surface area contributed by atoms with Crippen molar-refractivity contribution in [1.82, 2.24) is 4.90 Å². The van der Waals surface area contributed by atoms with E-state index in [1.807, 2.05) is 6.92 Å². The summed E-state index contributed by atoms with van der Waals surface area (Å²) in [5, 5.41) is 9.77. The van der Waals surface area contributed by atoms with Gasteiger partial charge in [-0.1, -0.05) is 32.6 Å². The van der Waals surface area contributed by atoms with Crippen molar-refractivity contribution in [3.63, 3.8) is 0 Å². The fourth-order valence-corrected chi connectivity index (χ4v) is 3.01. The maximum atomic E-state index is 11.8. The first-order valence-corrected chi connectivity index (χ1v) is 8.91. The van der Waals surface area contributed by atoms with Crippen molar-refractivity contribution < 1.29 is 19.5 Å². The number of Topliss-reactive ketones (excluding diaryl/α,β-unsaturated/α-hetero) is 2. The van der Waals surface area contributed by atoms with Crippen molar-refractivity contribution in [2.75, 3.05) is 6.54 Å². The van der Waals surface area contributed by atoms with Gasteiger partial charge in [0.1, 0.15) is 17.8 Å². The van der Waals surface area contributed by atoms with Gasteiger partial charge in [0.05, 0.1) is 0 Å². The summed E-state index contributed by atoms with van der Waals surface area (Å²) in [6.07, 6.45) is 7.52. The number of aliphatic hydroxyl groups is 1.